The van der Waals surface area contributed by atoms with Crippen molar-refractivity contribution in [1.29, 1.82) is 0 Å². The lowest BCUT2D eigenvalue weighted by atomic mass is 10.1. The molecule has 116 valence electrons. The number of hydrogen-bond donors (Lipinski definition) is 1. The van der Waals surface area contributed by atoms with Gasteiger partial charge >= 0.3 is 0 Å². The van der Waals surface area contributed by atoms with Gasteiger partial charge in [0.15, 0.2) is 5.76 Å². The van der Waals surface area contributed by atoms with Gasteiger partial charge in [0.1, 0.15) is 5.69 Å². The van der Waals surface area contributed by atoms with Gasteiger partial charge in [-0.1, -0.05) is 36.9 Å². The van der Waals surface area contributed by atoms with Gasteiger partial charge in [-0.15, -0.1) is 0 Å². The third-order valence-corrected chi connectivity index (χ3v) is 4.24. The van der Waals surface area contributed by atoms with Crippen molar-refractivity contribution < 1.29 is 12.8 Å². The highest BCUT2D eigenvalue weighted by Crippen LogP contribution is 2.33. The van der Waals surface area contributed by atoms with Crippen LogP contribution in [-0.2, 0) is 10.0 Å². The van der Waals surface area contributed by atoms with Gasteiger partial charge < -0.3 is 4.42 Å². The number of rotatable bonds is 4. The van der Waals surface area contributed by atoms with Crippen LogP contribution in [0.25, 0.3) is 28.7 Å². The molecule has 0 atom stereocenters. The van der Waals surface area contributed by atoms with Crippen LogP contribution >= 0.6 is 0 Å². The largest absolute Gasteiger partial charge is 0.436 e. The van der Waals surface area contributed by atoms with Crippen LogP contribution in [0.2, 0.25) is 0 Å². The van der Waals surface area contributed by atoms with Gasteiger partial charge in [0.05, 0.1) is 4.90 Å². The molecule has 0 fully saturated rings. The highest BCUT2D eigenvalue weighted by atomic mass is 32.2. The molecule has 2 aromatic carbocycles. The Morgan fingerprint density at radius 3 is 2.22 bits per heavy atom. The summed E-state index contributed by atoms with van der Waals surface area (Å²) in [7, 11) is -3.73. The number of aromatic nitrogens is 1. The maximum Gasteiger partial charge on any atom is 0.238 e. The third kappa shape index (κ3) is 3.08. The van der Waals surface area contributed by atoms with Crippen LogP contribution in [-0.4, -0.2) is 13.4 Å². The van der Waals surface area contributed by atoms with Crippen LogP contribution in [0.5, 0.6) is 0 Å². The summed E-state index contributed by atoms with van der Waals surface area (Å²) in [6, 6.07) is 15.7. The van der Waals surface area contributed by atoms with Gasteiger partial charge in [-0.05, 0) is 30.3 Å². The zero-order valence-electron chi connectivity index (χ0n) is 12.1. The van der Waals surface area contributed by atoms with Gasteiger partial charge in [-0.25, -0.2) is 18.5 Å². The Kier molecular flexibility index (Phi) is 3.85. The predicted molar refractivity (Wildman–Crippen MR) is 88.8 cm³/mol. The molecule has 0 bridgehead atoms. The Hall–Kier alpha value is -2.70. The SMILES string of the molecule is C=Cc1nc(-c2ccccc2)c(-c2ccc(S(N)(=O)=O)cc2)o1. The molecule has 5 nitrogen and oxygen atoms in total. The van der Waals surface area contributed by atoms with Gasteiger partial charge in [-0.3, -0.25) is 0 Å². The third-order valence-electron chi connectivity index (χ3n) is 3.31. The number of benzene rings is 2. The average molecular weight is 326 g/mol. The fraction of sp³-hybridized carbons (Fsp3) is 0. The number of nitrogens with two attached hydrogens (primary N) is 1. The van der Waals surface area contributed by atoms with E-state index >= 15 is 0 Å². The molecule has 0 aliphatic carbocycles. The van der Waals surface area contributed by atoms with Gasteiger partial charge in [-0.2, -0.15) is 0 Å². The monoisotopic (exact) mass is 326 g/mol. The quantitative estimate of drug-likeness (QED) is 0.797. The molecule has 0 spiro atoms. The minimum atomic E-state index is -3.73. The Bertz CT molecular complexity index is 943. The Balaban J connectivity index is 2.13. The number of nitrogens with zero attached hydrogens (tertiary/aromatic N) is 1. The molecule has 1 heterocycles. The van der Waals surface area contributed by atoms with E-state index in [1.807, 2.05) is 30.3 Å². The molecule has 0 unspecified atom stereocenters. The summed E-state index contributed by atoms with van der Waals surface area (Å²) in [6.45, 7) is 3.67. The predicted octanol–water partition coefficient (Wildman–Crippen LogP) is 3.30. The molecule has 0 saturated carbocycles. The zero-order valence-corrected chi connectivity index (χ0v) is 13.0. The van der Waals surface area contributed by atoms with Gasteiger partial charge in [0, 0.05) is 11.1 Å². The highest BCUT2D eigenvalue weighted by molar-refractivity contribution is 7.89. The van der Waals surface area contributed by atoms with Crippen LogP contribution in [0.1, 0.15) is 5.89 Å². The average Bonchev–Trinajstić information content (AvgIpc) is 2.99. The highest BCUT2D eigenvalue weighted by Gasteiger charge is 2.16. The number of hydrogen-bond acceptors (Lipinski definition) is 4. The lowest BCUT2D eigenvalue weighted by Gasteiger charge is -2.03. The normalized spacial score (nSPS) is 11.3. The molecule has 0 aliphatic rings. The fourth-order valence-corrected chi connectivity index (χ4v) is 2.72. The molecule has 2 N–H and O–H groups in total. The Labute approximate surface area is 134 Å². The van der Waals surface area contributed by atoms with Crippen LogP contribution in [0, 0.1) is 0 Å². The lowest BCUT2D eigenvalue weighted by molar-refractivity contribution is 0.560. The second kappa shape index (κ2) is 5.83. The van der Waals surface area contributed by atoms with E-state index in [1.54, 1.807) is 12.1 Å². The van der Waals surface area contributed by atoms with Crippen LogP contribution in [0.15, 0.2) is 70.5 Å². The molecule has 0 saturated heterocycles. The van der Waals surface area contributed by atoms with Crippen LogP contribution in [0.3, 0.4) is 0 Å². The maximum atomic E-state index is 11.3. The molecule has 6 heteroatoms. The minimum absolute atomic E-state index is 0.0472. The van der Waals surface area contributed by atoms with Crippen LogP contribution in [0.4, 0.5) is 0 Å². The van der Waals surface area contributed by atoms with Crippen molar-refractivity contribution in [3.63, 3.8) is 0 Å². The molecular weight excluding hydrogens is 312 g/mol. The molecule has 0 aliphatic heterocycles. The summed E-state index contributed by atoms with van der Waals surface area (Å²) >= 11 is 0. The first-order valence-corrected chi connectivity index (χ1v) is 8.35. The van der Waals surface area contributed by atoms with Crippen molar-refractivity contribution in [3.05, 3.63) is 67.1 Å². The van der Waals surface area contributed by atoms with Crippen molar-refractivity contribution in [1.82, 2.24) is 4.98 Å². The van der Waals surface area contributed by atoms with Crippen molar-refractivity contribution in [3.8, 4) is 22.6 Å². The molecule has 1 aromatic heterocycles. The van der Waals surface area contributed by atoms with E-state index in [-0.39, 0.29) is 4.90 Å². The van der Waals surface area contributed by atoms with E-state index in [0.717, 1.165) is 5.56 Å². The van der Waals surface area contributed by atoms with Gasteiger partial charge in [0.25, 0.3) is 0 Å². The zero-order chi connectivity index (χ0) is 16.4. The van der Waals surface area contributed by atoms with Crippen molar-refractivity contribution in [2.24, 2.45) is 5.14 Å². The van der Waals surface area contributed by atoms with Crippen LogP contribution < -0.4 is 5.14 Å². The van der Waals surface area contributed by atoms with Crippen molar-refractivity contribution in [2.45, 2.75) is 4.90 Å². The number of sulfonamides is 1. The smallest absolute Gasteiger partial charge is 0.238 e. The van der Waals surface area contributed by atoms with Crippen molar-refractivity contribution >= 4 is 16.1 Å². The van der Waals surface area contributed by atoms with E-state index in [0.29, 0.717) is 22.9 Å². The standard InChI is InChI=1S/C17H14N2O3S/c1-2-15-19-16(12-6-4-3-5-7-12)17(22-15)13-8-10-14(11-9-13)23(18,20)21/h2-11H,1H2,(H2,18,20,21). The number of primary sulfonamides is 1. The lowest BCUT2D eigenvalue weighted by Crippen LogP contribution is -2.11. The summed E-state index contributed by atoms with van der Waals surface area (Å²) in [5, 5.41) is 5.12. The molecule has 0 radical (unpaired) electrons. The second-order valence-corrected chi connectivity index (χ2v) is 6.43. The minimum Gasteiger partial charge on any atom is -0.436 e. The molecule has 3 aromatic rings. The first-order chi connectivity index (χ1) is 11.0. The Morgan fingerprint density at radius 1 is 1.00 bits per heavy atom. The second-order valence-electron chi connectivity index (χ2n) is 4.87. The van der Waals surface area contributed by atoms with Gasteiger partial charge in [0.2, 0.25) is 15.9 Å². The van der Waals surface area contributed by atoms with E-state index in [9.17, 15) is 8.42 Å². The fourth-order valence-electron chi connectivity index (χ4n) is 2.21. The summed E-state index contributed by atoms with van der Waals surface area (Å²) in [5.74, 6) is 0.946. The maximum absolute atomic E-state index is 11.3. The van der Waals surface area contributed by atoms with E-state index in [1.165, 1.54) is 18.2 Å². The topological polar surface area (TPSA) is 86.2 Å². The molecular formula is C17H14N2O3S. The summed E-state index contributed by atoms with van der Waals surface area (Å²) in [4.78, 5) is 4.47. The summed E-state index contributed by atoms with van der Waals surface area (Å²) in [5.41, 5.74) is 2.27. The molecule has 3 rings (SSSR count). The first kappa shape index (κ1) is 15.2. The van der Waals surface area contributed by atoms with Crippen molar-refractivity contribution in [2.75, 3.05) is 0 Å². The first-order valence-electron chi connectivity index (χ1n) is 6.81. The summed E-state index contributed by atoms with van der Waals surface area (Å²) in [6.07, 6.45) is 1.52. The molecule has 0 amide bonds. The summed E-state index contributed by atoms with van der Waals surface area (Å²) < 4.78 is 28.4. The molecule has 23 heavy (non-hydrogen) atoms. The van der Waals surface area contributed by atoms with E-state index in [4.69, 9.17) is 9.56 Å². The van der Waals surface area contributed by atoms with E-state index < -0.39 is 10.0 Å². The van der Waals surface area contributed by atoms with E-state index in [2.05, 4.69) is 11.6 Å². The number of oxazole rings is 1. The Morgan fingerprint density at radius 2 is 1.65 bits per heavy atom.